The number of furan rings is 1. The smallest absolute Gasteiger partial charge is 0.333 e. The zero-order valence-corrected chi connectivity index (χ0v) is 24.7. The second-order valence-electron chi connectivity index (χ2n) is 13.3. The first-order valence-corrected chi connectivity index (χ1v) is 14.6. The van der Waals surface area contributed by atoms with Crippen LogP contribution in [0, 0.1) is 34.0 Å². The molecule has 3 saturated heterocycles. The summed E-state index contributed by atoms with van der Waals surface area (Å²) in [5.74, 6) is -3.93. The van der Waals surface area contributed by atoms with Crippen LogP contribution in [0.4, 0.5) is 0 Å². The highest BCUT2D eigenvalue weighted by atomic mass is 16.6. The van der Waals surface area contributed by atoms with Gasteiger partial charge in [-0.25, -0.2) is 4.79 Å². The van der Waals surface area contributed by atoms with Gasteiger partial charge in [0.15, 0.2) is 5.79 Å². The third-order valence-corrected chi connectivity index (χ3v) is 11.6. The Labute approximate surface area is 240 Å². The summed E-state index contributed by atoms with van der Waals surface area (Å²) in [7, 11) is 1.36. The molecule has 4 heterocycles. The number of carbonyl (C=O) groups is 3. The first kappa shape index (κ1) is 28.2. The molecule has 9 atom stereocenters. The van der Waals surface area contributed by atoms with Crippen molar-refractivity contribution in [1.82, 2.24) is 0 Å². The summed E-state index contributed by atoms with van der Waals surface area (Å²) >= 11 is 0. The summed E-state index contributed by atoms with van der Waals surface area (Å²) in [6.07, 6.45) is 5.75. The number of methoxy groups -OCH3 is 1. The third kappa shape index (κ3) is 3.63. The molecule has 41 heavy (non-hydrogen) atoms. The molecule has 1 unspecified atom stereocenters. The molecular formula is C32H40O9. The third-order valence-electron chi connectivity index (χ3n) is 11.6. The van der Waals surface area contributed by atoms with Crippen LogP contribution < -0.4 is 0 Å². The molecule has 3 aliphatic heterocycles. The van der Waals surface area contributed by atoms with Crippen molar-refractivity contribution in [1.29, 1.82) is 0 Å². The van der Waals surface area contributed by atoms with E-state index in [1.165, 1.54) is 7.11 Å². The largest absolute Gasteiger partial charge is 0.472 e. The second kappa shape index (κ2) is 9.30. The van der Waals surface area contributed by atoms with E-state index in [1.807, 2.05) is 19.9 Å². The Kier molecular flexibility index (Phi) is 6.40. The first-order chi connectivity index (χ1) is 19.3. The van der Waals surface area contributed by atoms with Crippen molar-refractivity contribution in [2.24, 2.45) is 34.0 Å². The quantitative estimate of drug-likeness (QED) is 0.231. The maximum Gasteiger partial charge on any atom is 0.333 e. The SMILES string of the molecule is C/C=C(\C)C(=O)O[C@@H]1C2CC3=C4CC(=O)O[C@@H](c5ccoc5)[C@]4(C)CC[C@@H]3[C@]3(C)[C@@H](CC(=O)OC)[C@@]1(C)CO[C@@]23O. The highest BCUT2D eigenvalue weighted by Crippen LogP contribution is 2.74. The molecule has 0 amide bonds. The Morgan fingerprint density at radius 3 is 2.66 bits per heavy atom. The van der Waals surface area contributed by atoms with Gasteiger partial charge in [-0.15, -0.1) is 0 Å². The fraction of sp³-hybridized carbons (Fsp3) is 0.656. The molecule has 0 radical (unpaired) electrons. The lowest BCUT2D eigenvalue weighted by atomic mass is 9.37. The predicted molar refractivity (Wildman–Crippen MR) is 145 cm³/mol. The number of hydrogen-bond donors (Lipinski definition) is 1. The Morgan fingerprint density at radius 2 is 2.00 bits per heavy atom. The van der Waals surface area contributed by atoms with Crippen molar-refractivity contribution in [2.45, 2.75) is 84.7 Å². The van der Waals surface area contributed by atoms with Gasteiger partial charge in [0.2, 0.25) is 0 Å². The highest BCUT2D eigenvalue weighted by Gasteiger charge is 2.79. The maximum absolute atomic E-state index is 13.2. The summed E-state index contributed by atoms with van der Waals surface area (Å²) < 4.78 is 29.0. The molecule has 0 aromatic carbocycles. The average Bonchev–Trinajstić information content (AvgIpc) is 3.48. The molecule has 7 rings (SSSR count). The predicted octanol–water partition coefficient (Wildman–Crippen LogP) is 4.80. The molecule has 4 bridgehead atoms. The molecule has 9 heteroatoms. The number of cyclic esters (lactones) is 1. The van der Waals surface area contributed by atoms with Crippen LogP contribution in [0.15, 0.2) is 45.8 Å². The van der Waals surface area contributed by atoms with Crippen molar-refractivity contribution in [3.05, 3.63) is 47.0 Å². The van der Waals surface area contributed by atoms with Crippen LogP contribution in [0.5, 0.6) is 0 Å². The molecule has 3 aliphatic carbocycles. The van der Waals surface area contributed by atoms with E-state index in [1.54, 1.807) is 32.4 Å². The summed E-state index contributed by atoms with van der Waals surface area (Å²) in [5, 5.41) is 12.6. The summed E-state index contributed by atoms with van der Waals surface area (Å²) in [5.41, 5.74) is 1.27. The van der Waals surface area contributed by atoms with Crippen LogP contribution in [0.3, 0.4) is 0 Å². The van der Waals surface area contributed by atoms with Crippen LogP contribution in [-0.2, 0) is 33.3 Å². The Morgan fingerprint density at radius 1 is 1.24 bits per heavy atom. The topological polar surface area (TPSA) is 122 Å². The molecule has 6 aliphatic rings. The van der Waals surface area contributed by atoms with Gasteiger partial charge < -0.3 is 28.5 Å². The van der Waals surface area contributed by atoms with E-state index >= 15 is 0 Å². The van der Waals surface area contributed by atoms with Gasteiger partial charge in [0.05, 0.1) is 38.6 Å². The Hall–Kier alpha value is -2.91. The number of carbonyl (C=O) groups excluding carboxylic acids is 3. The lowest BCUT2D eigenvalue weighted by molar-refractivity contribution is -0.438. The Bertz CT molecular complexity index is 1340. The van der Waals surface area contributed by atoms with Gasteiger partial charge >= 0.3 is 17.9 Å². The van der Waals surface area contributed by atoms with Crippen molar-refractivity contribution < 1.29 is 42.9 Å². The summed E-state index contributed by atoms with van der Waals surface area (Å²) in [6, 6.07) is 1.83. The molecule has 222 valence electrons. The van der Waals surface area contributed by atoms with E-state index in [9.17, 15) is 19.5 Å². The summed E-state index contributed by atoms with van der Waals surface area (Å²) in [4.78, 5) is 39.2. The molecule has 5 fully saturated rings. The number of ether oxygens (including phenoxy) is 4. The van der Waals surface area contributed by atoms with Crippen LogP contribution in [0.2, 0.25) is 0 Å². The Balaban J connectivity index is 1.54. The highest BCUT2D eigenvalue weighted by molar-refractivity contribution is 5.87. The van der Waals surface area contributed by atoms with Crippen LogP contribution >= 0.6 is 0 Å². The second-order valence-corrected chi connectivity index (χ2v) is 13.3. The number of hydrogen-bond acceptors (Lipinski definition) is 9. The van der Waals surface area contributed by atoms with Gasteiger partial charge in [-0.1, -0.05) is 32.4 Å². The van der Waals surface area contributed by atoms with Crippen molar-refractivity contribution >= 4 is 17.9 Å². The minimum absolute atomic E-state index is 0.0502. The number of esters is 3. The van der Waals surface area contributed by atoms with E-state index in [0.29, 0.717) is 18.4 Å². The molecule has 2 saturated carbocycles. The van der Waals surface area contributed by atoms with E-state index in [-0.39, 0.29) is 37.3 Å². The zero-order chi connectivity index (χ0) is 29.5. The van der Waals surface area contributed by atoms with E-state index in [2.05, 4.69) is 6.92 Å². The molecule has 1 N–H and O–H groups in total. The van der Waals surface area contributed by atoms with Gasteiger partial charge in [0.25, 0.3) is 0 Å². The lowest BCUT2D eigenvalue weighted by Crippen LogP contribution is -2.80. The molecule has 9 nitrogen and oxygen atoms in total. The maximum atomic E-state index is 13.2. The molecule has 1 aromatic heterocycles. The minimum Gasteiger partial charge on any atom is -0.472 e. The fourth-order valence-corrected chi connectivity index (χ4v) is 9.31. The number of fused-ring (bicyclic) bond motifs is 3. The van der Waals surface area contributed by atoms with E-state index in [0.717, 1.165) is 23.1 Å². The van der Waals surface area contributed by atoms with Gasteiger partial charge in [-0.05, 0) is 56.6 Å². The van der Waals surface area contributed by atoms with Crippen molar-refractivity contribution in [3.63, 3.8) is 0 Å². The van der Waals surface area contributed by atoms with Gasteiger partial charge in [0.1, 0.15) is 12.2 Å². The van der Waals surface area contributed by atoms with E-state index in [4.69, 9.17) is 23.4 Å². The van der Waals surface area contributed by atoms with Gasteiger partial charge in [-0.3, -0.25) is 9.59 Å². The summed E-state index contributed by atoms with van der Waals surface area (Å²) in [6.45, 7) is 9.78. The van der Waals surface area contributed by atoms with Crippen molar-refractivity contribution in [2.75, 3.05) is 13.7 Å². The monoisotopic (exact) mass is 568 g/mol. The van der Waals surface area contributed by atoms with Gasteiger partial charge in [0, 0.05) is 33.8 Å². The molecule has 1 aromatic rings. The lowest BCUT2D eigenvalue weighted by Gasteiger charge is -2.74. The van der Waals surface area contributed by atoms with Crippen LogP contribution in [0.1, 0.15) is 78.4 Å². The number of aliphatic hydroxyl groups is 1. The number of allylic oxidation sites excluding steroid dienone is 2. The minimum atomic E-state index is -1.64. The average molecular weight is 569 g/mol. The first-order valence-electron chi connectivity index (χ1n) is 14.6. The number of rotatable bonds is 5. The van der Waals surface area contributed by atoms with Crippen LogP contribution in [-0.4, -0.2) is 48.6 Å². The molecular weight excluding hydrogens is 528 g/mol. The normalized spacial score (nSPS) is 43.1. The molecule has 0 spiro atoms. The standard InChI is InChI=1S/C32H40O9/c1-7-17(2)28(35)41-27-22-12-19-20(31(5)23(14-24(33)37-6)30(27,4)16-39-32(22,31)36)8-10-29(3)21(19)13-25(34)40-26(29)18-9-11-38-15-18/h7,9,11,15,20,22-23,26-27,36H,8,10,12-14,16H2,1-6H3/b17-7+/t20-,22?,23-,26-,27+,29+,30+,31+,32-/m0/s1. The van der Waals surface area contributed by atoms with E-state index < -0.39 is 52.0 Å². The van der Waals surface area contributed by atoms with Crippen molar-refractivity contribution in [3.8, 4) is 0 Å². The van der Waals surface area contributed by atoms with Crippen LogP contribution in [0.25, 0.3) is 0 Å². The van der Waals surface area contributed by atoms with Gasteiger partial charge in [-0.2, -0.15) is 0 Å². The zero-order valence-electron chi connectivity index (χ0n) is 24.7. The fourth-order valence-electron chi connectivity index (χ4n) is 9.31.